The predicted molar refractivity (Wildman–Crippen MR) is 138 cm³/mol. The first-order valence-corrected chi connectivity index (χ1v) is 12.8. The average molecular weight is 541 g/mol. The summed E-state index contributed by atoms with van der Waals surface area (Å²) >= 11 is 7.04. The molecule has 1 aliphatic heterocycles. The van der Waals surface area contributed by atoms with Crippen molar-refractivity contribution in [1.29, 1.82) is 0 Å². The van der Waals surface area contributed by atoms with E-state index < -0.39 is 11.9 Å². The SMILES string of the molecule is CC[C@@H](NC(=O)c1ccc2[nH]ncc2c1)C(=O)N1CCc2sc(C(=O)Nc3ccc(F)c(Cl)n3)cc2C1. The third kappa shape index (κ3) is 5.18. The Morgan fingerprint density at radius 3 is 2.84 bits per heavy atom. The Morgan fingerprint density at radius 2 is 2.05 bits per heavy atom. The highest BCUT2D eigenvalue weighted by Crippen LogP contribution is 2.29. The number of aromatic amines is 1. The molecule has 190 valence electrons. The quantitative estimate of drug-likeness (QED) is 0.317. The van der Waals surface area contributed by atoms with E-state index in [1.54, 1.807) is 35.4 Å². The summed E-state index contributed by atoms with van der Waals surface area (Å²) in [5, 5.41) is 12.8. The Hall–Kier alpha value is -3.83. The van der Waals surface area contributed by atoms with Gasteiger partial charge in [-0.3, -0.25) is 19.5 Å². The highest BCUT2D eigenvalue weighted by molar-refractivity contribution is 7.14. The van der Waals surface area contributed by atoms with E-state index in [4.69, 9.17) is 11.6 Å². The summed E-state index contributed by atoms with van der Waals surface area (Å²) < 4.78 is 13.3. The van der Waals surface area contributed by atoms with E-state index in [0.717, 1.165) is 27.4 Å². The number of hydrogen-bond donors (Lipinski definition) is 3. The van der Waals surface area contributed by atoms with Gasteiger partial charge in [-0.05, 0) is 54.8 Å². The molecule has 5 rings (SSSR count). The molecule has 4 heterocycles. The maximum Gasteiger partial charge on any atom is 0.266 e. The molecule has 37 heavy (non-hydrogen) atoms. The first-order chi connectivity index (χ1) is 17.8. The summed E-state index contributed by atoms with van der Waals surface area (Å²) in [6.07, 6.45) is 2.67. The van der Waals surface area contributed by atoms with Gasteiger partial charge in [-0.25, -0.2) is 9.37 Å². The average Bonchev–Trinajstić information content (AvgIpc) is 3.55. The van der Waals surface area contributed by atoms with Crippen LogP contribution in [0, 0.1) is 5.82 Å². The molecular formula is C25H22ClFN6O3S. The molecule has 4 aromatic rings. The standard InChI is InChI=1S/C25H22ClFN6O3S/c1-2-17(29-23(34)13-3-5-18-14(9-13)11-28-32-18)25(36)33-8-7-19-15(12-33)10-20(37-19)24(35)31-21-6-4-16(27)22(26)30-21/h3-6,9-11,17H,2,7-8,12H2,1H3,(H,28,32)(H,29,34)(H,30,31,35)/t17-/m1/s1. The van der Waals surface area contributed by atoms with E-state index in [0.29, 0.717) is 36.4 Å². The van der Waals surface area contributed by atoms with Gasteiger partial charge in [0.25, 0.3) is 11.8 Å². The second kappa shape index (κ2) is 10.3. The van der Waals surface area contributed by atoms with Crippen LogP contribution in [0.2, 0.25) is 5.15 Å². The third-order valence-electron chi connectivity index (χ3n) is 6.16. The van der Waals surface area contributed by atoms with Crippen molar-refractivity contribution in [3.63, 3.8) is 0 Å². The van der Waals surface area contributed by atoms with Crippen LogP contribution in [0.15, 0.2) is 42.6 Å². The zero-order chi connectivity index (χ0) is 26.1. The van der Waals surface area contributed by atoms with E-state index in [2.05, 4.69) is 25.8 Å². The Morgan fingerprint density at radius 1 is 1.22 bits per heavy atom. The fourth-order valence-electron chi connectivity index (χ4n) is 4.18. The molecule has 1 atom stereocenters. The van der Waals surface area contributed by atoms with Crippen LogP contribution in [0.25, 0.3) is 10.9 Å². The monoisotopic (exact) mass is 540 g/mol. The molecule has 1 aliphatic rings. The van der Waals surface area contributed by atoms with Crippen LogP contribution < -0.4 is 10.6 Å². The normalized spacial score (nSPS) is 13.8. The van der Waals surface area contributed by atoms with E-state index in [1.165, 1.54) is 17.4 Å². The van der Waals surface area contributed by atoms with Crippen LogP contribution in [0.3, 0.4) is 0 Å². The summed E-state index contributed by atoms with van der Waals surface area (Å²) in [4.78, 5) is 45.8. The molecule has 0 fully saturated rings. The van der Waals surface area contributed by atoms with Crippen molar-refractivity contribution in [2.24, 2.45) is 0 Å². The molecule has 3 aromatic heterocycles. The summed E-state index contributed by atoms with van der Waals surface area (Å²) in [5.74, 6) is -1.41. The van der Waals surface area contributed by atoms with Gasteiger partial charge in [-0.1, -0.05) is 18.5 Å². The first kappa shape index (κ1) is 24.8. The van der Waals surface area contributed by atoms with Gasteiger partial charge in [-0.15, -0.1) is 11.3 Å². The minimum absolute atomic E-state index is 0.146. The van der Waals surface area contributed by atoms with Gasteiger partial charge < -0.3 is 15.5 Å². The maximum atomic E-state index is 13.3. The highest BCUT2D eigenvalue weighted by Gasteiger charge is 2.29. The van der Waals surface area contributed by atoms with E-state index in [1.807, 2.05) is 6.92 Å². The number of fused-ring (bicyclic) bond motifs is 2. The van der Waals surface area contributed by atoms with Crippen LogP contribution in [0.5, 0.6) is 0 Å². The molecule has 0 radical (unpaired) electrons. The second-order valence-corrected chi connectivity index (χ2v) is 10.1. The van der Waals surface area contributed by atoms with E-state index in [9.17, 15) is 18.8 Å². The van der Waals surface area contributed by atoms with Crippen molar-refractivity contribution in [2.45, 2.75) is 32.4 Å². The Kier molecular flexibility index (Phi) is 6.90. The molecule has 0 aliphatic carbocycles. The number of carbonyl (C=O) groups is 3. The zero-order valence-electron chi connectivity index (χ0n) is 19.7. The summed E-state index contributed by atoms with van der Waals surface area (Å²) in [5.41, 5.74) is 2.16. The second-order valence-electron chi connectivity index (χ2n) is 8.60. The minimum atomic E-state index is -0.676. The topological polar surface area (TPSA) is 120 Å². The molecular weight excluding hydrogens is 519 g/mol. The van der Waals surface area contributed by atoms with Crippen LogP contribution in [-0.2, 0) is 17.8 Å². The Bertz CT molecular complexity index is 1520. The van der Waals surface area contributed by atoms with Crippen molar-refractivity contribution < 1.29 is 18.8 Å². The maximum absolute atomic E-state index is 13.3. The van der Waals surface area contributed by atoms with Gasteiger partial charge >= 0.3 is 0 Å². The molecule has 0 saturated carbocycles. The summed E-state index contributed by atoms with van der Waals surface area (Å²) in [7, 11) is 0. The molecule has 0 bridgehead atoms. The number of nitrogens with one attached hydrogen (secondary N) is 3. The zero-order valence-corrected chi connectivity index (χ0v) is 21.3. The minimum Gasteiger partial charge on any atom is -0.340 e. The van der Waals surface area contributed by atoms with Crippen molar-refractivity contribution >= 4 is 57.4 Å². The summed E-state index contributed by atoms with van der Waals surface area (Å²) in [6, 6.07) is 8.73. The number of benzene rings is 1. The van der Waals surface area contributed by atoms with Crippen molar-refractivity contribution in [2.75, 3.05) is 11.9 Å². The van der Waals surface area contributed by atoms with Gasteiger partial charge in [0.05, 0.1) is 16.6 Å². The number of nitrogens with zero attached hydrogens (tertiary/aromatic N) is 3. The van der Waals surface area contributed by atoms with E-state index >= 15 is 0 Å². The Labute approximate surface area is 220 Å². The van der Waals surface area contributed by atoms with Gasteiger partial charge in [0.2, 0.25) is 5.91 Å². The number of carbonyl (C=O) groups excluding carboxylic acids is 3. The van der Waals surface area contributed by atoms with Crippen molar-refractivity contribution in [1.82, 2.24) is 25.4 Å². The number of hydrogen-bond acceptors (Lipinski definition) is 6. The fraction of sp³-hybridized carbons (Fsp3) is 0.240. The van der Waals surface area contributed by atoms with Crippen LogP contribution in [0.1, 0.15) is 43.8 Å². The van der Waals surface area contributed by atoms with Crippen LogP contribution in [-0.4, -0.2) is 50.4 Å². The third-order valence-corrected chi connectivity index (χ3v) is 7.66. The molecule has 1 aromatic carbocycles. The molecule has 0 spiro atoms. The van der Waals surface area contributed by atoms with Gasteiger partial charge in [0.15, 0.2) is 11.0 Å². The van der Waals surface area contributed by atoms with Crippen molar-refractivity contribution in [3.05, 3.63) is 74.4 Å². The number of amides is 3. The Balaban J connectivity index is 1.24. The lowest BCUT2D eigenvalue weighted by Gasteiger charge is -2.30. The fourth-order valence-corrected chi connectivity index (χ4v) is 5.39. The van der Waals surface area contributed by atoms with Gasteiger partial charge in [0, 0.05) is 28.9 Å². The number of halogens is 2. The molecule has 0 saturated heterocycles. The number of rotatable bonds is 6. The lowest BCUT2D eigenvalue weighted by molar-refractivity contribution is -0.134. The van der Waals surface area contributed by atoms with Crippen molar-refractivity contribution in [3.8, 4) is 0 Å². The number of aromatic nitrogens is 3. The van der Waals surface area contributed by atoms with Gasteiger partial charge in [-0.2, -0.15) is 5.10 Å². The molecule has 12 heteroatoms. The first-order valence-electron chi connectivity index (χ1n) is 11.6. The smallest absolute Gasteiger partial charge is 0.266 e. The van der Waals surface area contributed by atoms with Crippen LogP contribution >= 0.6 is 22.9 Å². The van der Waals surface area contributed by atoms with E-state index in [-0.39, 0.29) is 28.7 Å². The molecule has 3 amide bonds. The largest absolute Gasteiger partial charge is 0.340 e. The highest BCUT2D eigenvalue weighted by atomic mass is 35.5. The summed E-state index contributed by atoms with van der Waals surface area (Å²) in [6.45, 7) is 2.67. The molecule has 9 nitrogen and oxygen atoms in total. The number of thiophene rings is 1. The van der Waals surface area contributed by atoms with Gasteiger partial charge in [0.1, 0.15) is 11.9 Å². The lowest BCUT2D eigenvalue weighted by atomic mass is 10.1. The molecule has 3 N–H and O–H groups in total. The number of H-pyrrole nitrogens is 1. The number of anilines is 1. The van der Waals surface area contributed by atoms with Crippen LogP contribution in [0.4, 0.5) is 10.2 Å². The molecule has 0 unspecified atom stereocenters. The number of pyridine rings is 1. The lowest BCUT2D eigenvalue weighted by Crippen LogP contribution is -2.49. The predicted octanol–water partition coefficient (Wildman–Crippen LogP) is 4.16.